The maximum Gasteiger partial charge on any atom is 0.227 e. The predicted molar refractivity (Wildman–Crippen MR) is 63.2 cm³/mol. The third-order valence-electron chi connectivity index (χ3n) is 2.00. The van der Waals surface area contributed by atoms with Crippen LogP contribution in [0.25, 0.3) is 0 Å². The lowest BCUT2D eigenvalue weighted by Gasteiger charge is -2.09. The molecule has 1 aromatic rings. The van der Waals surface area contributed by atoms with Crippen LogP contribution in [0.2, 0.25) is 5.28 Å². The van der Waals surface area contributed by atoms with E-state index in [1.54, 1.807) is 6.07 Å². The van der Waals surface area contributed by atoms with E-state index in [1.807, 2.05) is 6.92 Å². The van der Waals surface area contributed by atoms with Crippen molar-refractivity contribution >= 4 is 23.3 Å². The number of nitrogens with one attached hydrogen (secondary N) is 1. The first-order chi connectivity index (χ1) is 7.61. The molecular weight excluding hydrogens is 228 g/mol. The van der Waals surface area contributed by atoms with Crippen molar-refractivity contribution in [1.29, 1.82) is 0 Å². The zero-order chi connectivity index (χ0) is 12.0. The molecule has 1 unspecified atom stereocenters. The van der Waals surface area contributed by atoms with E-state index >= 15 is 0 Å². The molecule has 0 aliphatic heterocycles. The number of hydrogen-bond acceptors (Lipinski definition) is 4. The van der Waals surface area contributed by atoms with E-state index in [4.69, 9.17) is 17.3 Å². The summed E-state index contributed by atoms with van der Waals surface area (Å²) in [6.45, 7) is 2.03. The third kappa shape index (κ3) is 4.55. The molecule has 1 amide bonds. The van der Waals surface area contributed by atoms with Gasteiger partial charge in [0.15, 0.2) is 0 Å². The molecule has 6 heteroatoms. The van der Waals surface area contributed by atoms with Crippen LogP contribution in [0.4, 0.5) is 5.82 Å². The van der Waals surface area contributed by atoms with Gasteiger partial charge in [-0.1, -0.05) is 13.3 Å². The first-order valence-electron chi connectivity index (χ1n) is 5.15. The summed E-state index contributed by atoms with van der Waals surface area (Å²) in [6, 6.07) is 1.47. The Kier molecular flexibility index (Phi) is 5.14. The number of aromatic nitrogens is 2. The Hall–Kier alpha value is -1.20. The van der Waals surface area contributed by atoms with E-state index in [-0.39, 0.29) is 23.7 Å². The Morgan fingerprint density at radius 3 is 3.06 bits per heavy atom. The van der Waals surface area contributed by atoms with Crippen molar-refractivity contribution in [3.05, 3.63) is 17.5 Å². The second-order valence-corrected chi connectivity index (χ2v) is 3.85. The van der Waals surface area contributed by atoms with Crippen molar-refractivity contribution in [2.45, 2.75) is 32.2 Å². The van der Waals surface area contributed by atoms with Crippen LogP contribution in [0.15, 0.2) is 12.3 Å². The van der Waals surface area contributed by atoms with Crippen LogP contribution in [0.1, 0.15) is 26.2 Å². The molecule has 88 valence electrons. The standard InChI is InChI=1S/C10H15ClN4O/c1-2-3-7(12)6-9(16)14-8-4-5-13-10(11)15-8/h4-5,7H,2-3,6,12H2,1H3,(H,13,14,15,16). The second kappa shape index (κ2) is 6.40. The van der Waals surface area contributed by atoms with Crippen molar-refractivity contribution in [3.63, 3.8) is 0 Å². The number of carbonyl (C=O) groups excluding carboxylic acids is 1. The van der Waals surface area contributed by atoms with Gasteiger partial charge in [-0.3, -0.25) is 4.79 Å². The summed E-state index contributed by atoms with van der Waals surface area (Å²) in [5, 5.41) is 2.72. The van der Waals surface area contributed by atoms with E-state index in [0.717, 1.165) is 12.8 Å². The van der Waals surface area contributed by atoms with E-state index < -0.39 is 0 Å². The molecule has 1 aromatic heterocycles. The average Bonchev–Trinajstić information content (AvgIpc) is 2.17. The highest BCUT2D eigenvalue weighted by Gasteiger charge is 2.09. The summed E-state index contributed by atoms with van der Waals surface area (Å²) in [6.07, 6.45) is 3.57. The molecule has 0 radical (unpaired) electrons. The Morgan fingerprint density at radius 1 is 1.69 bits per heavy atom. The predicted octanol–water partition coefficient (Wildman–Crippen LogP) is 1.59. The fourth-order valence-electron chi connectivity index (χ4n) is 1.31. The van der Waals surface area contributed by atoms with Crippen LogP contribution >= 0.6 is 11.6 Å². The first-order valence-corrected chi connectivity index (χ1v) is 5.53. The van der Waals surface area contributed by atoms with E-state index in [1.165, 1.54) is 6.20 Å². The molecule has 0 bridgehead atoms. The fraction of sp³-hybridized carbons (Fsp3) is 0.500. The molecule has 0 fully saturated rings. The third-order valence-corrected chi connectivity index (χ3v) is 2.18. The Bertz CT molecular complexity index is 358. The maximum absolute atomic E-state index is 11.5. The molecule has 1 rings (SSSR count). The van der Waals surface area contributed by atoms with Crippen molar-refractivity contribution in [2.24, 2.45) is 5.73 Å². The summed E-state index contributed by atoms with van der Waals surface area (Å²) >= 11 is 5.59. The topological polar surface area (TPSA) is 80.9 Å². The summed E-state index contributed by atoms with van der Waals surface area (Å²) < 4.78 is 0. The molecule has 16 heavy (non-hydrogen) atoms. The normalized spacial score (nSPS) is 12.2. The first kappa shape index (κ1) is 12.9. The summed E-state index contributed by atoms with van der Waals surface area (Å²) in [5.74, 6) is 0.240. The van der Waals surface area contributed by atoms with Gasteiger partial charge in [-0.2, -0.15) is 0 Å². The van der Waals surface area contributed by atoms with Gasteiger partial charge in [-0.05, 0) is 24.1 Å². The zero-order valence-corrected chi connectivity index (χ0v) is 9.87. The van der Waals surface area contributed by atoms with E-state index in [0.29, 0.717) is 5.82 Å². The molecule has 0 saturated carbocycles. The van der Waals surface area contributed by atoms with E-state index in [9.17, 15) is 4.79 Å². The number of halogens is 1. The number of carbonyl (C=O) groups is 1. The van der Waals surface area contributed by atoms with Crippen LogP contribution in [-0.4, -0.2) is 21.9 Å². The Balaban J connectivity index is 2.45. The van der Waals surface area contributed by atoms with Gasteiger partial charge < -0.3 is 11.1 Å². The van der Waals surface area contributed by atoms with Crippen molar-refractivity contribution in [3.8, 4) is 0 Å². The fourth-order valence-corrected chi connectivity index (χ4v) is 1.46. The van der Waals surface area contributed by atoms with Gasteiger partial charge >= 0.3 is 0 Å². The highest BCUT2D eigenvalue weighted by Crippen LogP contribution is 2.07. The van der Waals surface area contributed by atoms with Gasteiger partial charge in [0.05, 0.1) is 0 Å². The second-order valence-electron chi connectivity index (χ2n) is 3.51. The van der Waals surface area contributed by atoms with Gasteiger partial charge in [0, 0.05) is 18.7 Å². The quantitative estimate of drug-likeness (QED) is 0.769. The van der Waals surface area contributed by atoms with Crippen LogP contribution in [-0.2, 0) is 4.79 Å². The Labute approximate surface area is 99.4 Å². The van der Waals surface area contributed by atoms with Crippen molar-refractivity contribution in [1.82, 2.24) is 9.97 Å². The lowest BCUT2D eigenvalue weighted by atomic mass is 10.1. The van der Waals surface area contributed by atoms with Gasteiger partial charge in [-0.15, -0.1) is 0 Å². The molecular formula is C10H15ClN4O. The highest BCUT2D eigenvalue weighted by atomic mass is 35.5. The number of nitrogens with zero attached hydrogens (tertiary/aromatic N) is 2. The number of rotatable bonds is 5. The highest BCUT2D eigenvalue weighted by molar-refractivity contribution is 6.28. The number of nitrogens with two attached hydrogens (primary N) is 1. The SMILES string of the molecule is CCCC(N)CC(=O)Nc1ccnc(Cl)n1. The van der Waals surface area contributed by atoms with Crippen LogP contribution < -0.4 is 11.1 Å². The van der Waals surface area contributed by atoms with Gasteiger partial charge in [0.1, 0.15) is 5.82 Å². The van der Waals surface area contributed by atoms with Crippen LogP contribution in [0, 0.1) is 0 Å². The number of hydrogen-bond donors (Lipinski definition) is 2. The molecule has 1 heterocycles. The summed E-state index contributed by atoms with van der Waals surface area (Å²) in [4.78, 5) is 19.1. The lowest BCUT2D eigenvalue weighted by Crippen LogP contribution is -2.27. The molecule has 0 aliphatic carbocycles. The minimum Gasteiger partial charge on any atom is -0.327 e. The van der Waals surface area contributed by atoms with Crippen LogP contribution in [0.5, 0.6) is 0 Å². The zero-order valence-electron chi connectivity index (χ0n) is 9.11. The van der Waals surface area contributed by atoms with Crippen LogP contribution in [0.3, 0.4) is 0 Å². The van der Waals surface area contributed by atoms with Gasteiger partial charge in [0.2, 0.25) is 11.2 Å². The average molecular weight is 243 g/mol. The molecule has 0 aromatic carbocycles. The molecule has 0 saturated heterocycles. The van der Waals surface area contributed by atoms with E-state index in [2.05, 4.69) is 15.3 Å². The minimum atomic E-state index is -0.157. The summed E-state index contributed by atoms with van der Waals surface area (Å²) in [5.41, 5.74) is 5.75. The van der Waals surface area contributed by atoms with Gasteiger partial charge in [-0.25, -0.2) is 9.97 Å². The smallest absolute Gasteiger partial charge is 0.227 e. The van der Waals surface area contributed by atoms with Gasteiger partial charge in [0.25, 0.3) is 0 Å². The number of anilines is 1. The Morgan fingerprint density at radius 2 is 2.44 bits per heavy atom. The molecule has 3 N–H and O–H groups in total. The molecule has 1 atom stereocenters. The molecule has 0 spiro atoms. The monoisotopic (exact) mass is 242 g/mol. The lowest BCUT2D eigenvalue weighted by molar-refractivity contribution is -0.116. The molecule has 5 nitrogen and oxygen atoms in total. The maximum atomic E-state index is 11.5. The van der Waals surface area contributed by atoms with Crippen molar-refractivity contribution < 1.29 is 4.79 Å². The molecule has 0 aliphatic rings. The van der Waals surface area contributed by atoms with Crippen molar-refractivity contribution in [2.75, 3.05) is 5.32 Å². The minimum absolute atomic E-state index is 0.107. The largest absolute Gasteiger partial charge is 0.327 e. The summed E-state index contributed by atoms with van der Waals surface area (Å²) in [7, 11) is 0. The number of amides is 1.